The average Bonchev–Trinajstić information content (AvgIpc) is 2.79. The number of methoxy groups -OCH3 is 1. The summed E-state index contributed by atoms with van der Waals surface area (Å²) in [6, 6.07) is 18.5. The maximum absolute atomic E-state index is 12.7. The van der Waals surface area contributed by atoms with Gasteiger partial charge in [-0.3, -0.25) is 4.79 Å². The van der Waals surface area contributed by atoms with Crippen molar-refractivity contribution in [2.45, 2.75) is 31.9 Å². The molecule has 152 valence electrons. The van der Waals surface area contributed by atoms with Crippen LogP contribution in [0.25, 0.3) is 0 Å². The third-order valence-electron chi connectivity index (χ3n) is 5.29. The molecule has 5 heteroatoms. The summed E-state index contributed by atoms with van der Waals surface area (Å²) in [6.45, 7) is 0.170. The summed E-state index contributed by atoms with van der Waals surface area (Å²) in [6.07, 6.45) is 6.24. The van der Waals surface area contributed by atoms with Crippen LogP contribution in [0.3, 0.4) is 0 Å². The van der Waals surface area contributed by atoms with E-state index in [1.807, 2.05) is 60.7 Å². The predicted molar refractivity (Wildman–Crippen MR) is 111 cm³/mol. The molecule has 1 N–H and O–H groups in total. The number of amides is 1. The first-order valence-corrected chi connectivity index (χ1v) is 9.94. The van der Waals surface area contributed by atoms with Crippen molar-refractivity contribution in [3.63, 3.8) is 0 Å². The van der Waals surface area contributed by atoms with Crippen LogP contribution in [-0.4, -0.2) is 19.2 Å². The Balaban J connectivity index is 1.80. The molecule has 1 amide bonds. The molecule has 1 aliphatic carbocycles. The first-order valence-electron chi connectivity index (χ1n) is 9.94. The zero-order valence-electron chi connectivity index (χ0n) is 16.6. The van der Waals surface area contributed by atoms with Gasteiger partial charge in [0.25, 0.3) is 0 Å². The highest BCUT2D eigenvalue weighted by Crippen LogP contribution is 2.36. The molecule has 2 aromatic carbocycles. The molecular weight excluding hydrogens is 366 g/mol. The lowest BCUT2D eigenvalue weighted by Gasteiger charge is -2.33. The second kappa shape index (κ2) is 10.5. The van der Waals surface area contributed by atoms with E-state index in [2.05, 4.69) is 17.5 Å². The first-order chi connectivity index (χ1) is 14.2. The Bertz CT molecular complexity index is 819. The topological polar surface area (TPSA) is 64.6 Å². The quantitative estimate of drug-likeness (QED) is 0.542. The molecule has 5 nitrogen and oxygen atoms in total. The zero-order valence-corrected chi connectivity index (χ0v) is 16.6. The van der Waals surface area contributed by atoms with Gasteiger partial charge in [0.2, 0.25) is 0 Å². The zero-order chi connectivity index (χ0) is 20.5. The summed E-state index contributed by atoms with van der Waals surface area (Å²) in [5.74, 6) is -0.716. The number of benzene rings is 2. The third kappa shape index (κ3) is 5.70. The lowest BCUT2D eigenvalue weighted by Crippen LogP contribution is -2.41. The van der Waals surface area contributed by atoms with Crippen LogP contribution in [0.2, 0.25) is 0 Å². The van der Waals surface area contributed by atoms with Gasteiger partial charge in [-0.05, 0) is 36.3 Å². The van der Waals surface area contributed by atoms with Gasteiger partial charge in [0.1, 0.15) is 6.61 Å². The number of carbonyl (C=O) groups excluding carboxylic acids is 2. The van der Waals surface area contributed by atoms with Crippen molar-refractivity contribution < 1.29 is 19.1 Å². The minimum absolute atomic E-state index is 0.0899. The number of hydrogen-bond donors (Lipinski definition) is 1. The highest BCUT2D eigenvalue weighted by molar-refractivity contribution is 5.76. The summed E-state index contributed by atoms with van der Waals surface area (Å²) in [7, 11) is 1.39. The molecule has 0 radical (unpaired) electrons. The molecule has 0 bridgehead atoms. The number of ether oxygens (including phenoxy) is 2. The average molecular weight is 393 g/mol. The van der Waals surface area contributed by atoms with Crippen LogP contribution in [-0.2, 0) is 20.9 Å². The van der Waals surface area contributed by atoms with E-state index in [0.29, 0.717) is 0 Å². The van der Waals surface area contributed by atoms with Crippen molar-refractivity contribution in [2.24, 2.45) is 11.8 Å². The summed E-state index contributed by atoms with van der Waals surface area (Å²) in [5, 5.41) is 2.93. The highest BCUT2D eigenvalue weighted by atomic mass is 16.5. The Morgan fingerprint density at radius 3 is 2.34 bits per heavy atom. The van der Waals surface area contributed by atoms with Crippen LogP contribution in [0.4, 0.5) is 4.79 Å². The Morgan fingerprint density at radius 2 is 1.72 bits per heavy atom. The molecule has 1 aliphatic rings. The fourth-order valence-electron chi connectivity index (χ4n) is 3.81. The number of carbonyl (C=O) groups is 2. The molecule has 0 saturated carbocycles. The SMILES string of the molecule is COC(=O)C(C1CC=CCC1)C(NC(=O)OCc1ccccc1)c1ccccc1. The van der Waals surface area contributed by atoms with Crippen LogP contribution < -0.4 is 5.32 Å². The summed E-state index contributed by atoms with van der Waals surface area (Å²) >= 11 is 0. The van der Waals surface area contributed by atoms with Gasteiger partial charge in [-0.15, -0.1) is 0 Å². The Hall–Kier alpha value is -3.08. The van der Waals surface area contributed by atoms with Gasteiger partial charge in [-0.2, -0.15) is 0 Å². The summed E-state index contributed by atoms with van der Waals surface area (Å²) < 4.78 is 10.5. The van der Waals surface area contributed by atoms with Gasteiger partial charge in [0.05, 0.1) is 19.1 Å². The number of allylic oxidation sites excluding steroid dienone is 2. The smallest absolute Gasteiger partial charge is 0.407 e. The van der Waals surface area contributed by atoms with Crippen LogP contribution in [0.5, 0.6) is 0 Å². The molecule has 0 aliphatic heterocycles. The van der Waals surface area contributed by atoms with E-state index < -0.39 is 18.1 Å². The van der Waals surface area contributed by atoms with E-state index in [1.54, 1.807) is 0 Å². The number of esters is 1. The van der Waals surface area contributed by atoms with Gasteiger partial charge in [0, 0.05) is 0 Å². The minimum atomic E-state index is -0.553. The molecular formula is C24H27NO4. The van der Waals surface area contributed by atoms with Crippen LogP contribution in [0, 0.1) is 11.8 Å². The normalized spacial score (nSPS) is 17.8. The van der Waals surface area contributed by atoms with Gasteiger partial charge < -0.3 is 14.8 Å². The van der Waals surface area contributed by atoms with Crippen molar-refractivity contribution in [1.29, 1.82) is 0 Å². The van der Waals surface area contributed by atoms with Crippen LogP contribution in [0.15, 0.2) is 72.8 Å². The van der Waals surface area contributed by atoms with E-state index >= 15 is 0 Å². The molecule has 0 saturated heterocycles. The molecule has 0 heterocycles. The minimum Gasteiger partial charge on any atom is -0.469 e. The van der Waals surface area contributed by atoms with E-state index in [9.17, 15) is 9.59 Å². The van der Waals surface area contributed by atoms with Gasteiger partial charge in [-0.25, -0.2) is 4.79 Å². The van der Waals surface area contributed by atoms with Crippen LogP contribution >= 0.6 is 0 Å². The van der Waals surface area contributed by atoms with E-state index in [1.165, 1.54) is 7.11 Å². The van der Waals surface area contributed by atoms with Gasteiger partial charge in [-0.1, -0.05) is 72.8 Å². The largest absolute Gasteiger partial charge is 0.469 e. The lowest BCUT2D eigenvalue weighted by molar-refractivity contribution is -0.149. The second-order valence-electron chi connectivity index (χ2n) is 7.19. The van der Waals surface area contributed by atoms with E-state index in [4.69, 9.17) is 9.47 Å². The fraction of sp³-hybridized carbons (Fsp3) is 0.333. The number of hydrogen-bond acceptors (Lipinski definition) is 4. The van der Waals surface area contributed by atoms with Crippen molar-refractivity contribution >= 4 is 12.1 Å². The molecule has 3 unspecified atom stereocenters. The standard InChI is InChI=1S/C24H27NO4/c1-28-23(26)21(19-13-7-3-8-14-19)22(20-15-9-4-10-16-20)25-24(27)29-17-18-11-5-2-6-12-18/h2-7,9-12,15-16,19,21-22H,8,13-14,17H2,1H3,(H,25,27). The second-order valence-corrected chi connectivity index (χ2v) is 7.19. The number of nitrogens with one attached hydrogen (secondary N) is 1. The fourth-order valence-corrected chi connectivity index (χ4v) is 3.81. The van der Waals surface area contributed by atoms with Crippen molar-refractivity contribution in [3.8, 4) is 0 Å². The monoisotopic (exact) mass is 393 g/mol. The molecule has 29 heavy (non-hydrogen) atoms. The predicted octanol–water partition coefficient (Wildman–Crippen LogP) is 4.80. The molecule has 3 atom stereocenters. The first kappa shape index (κ1) is 20.6. The van der Waals surface area contributed by atoms with Crippen molar-refractivity contribution in [1.82, 2.24) is 5.32 Å². The van der Waals surface area contributed by atoms with Gasteiger partial charge >= 0.3 is 12.1 Å². The van der Waals surface area contributed by atoms with E-state index in [-0.39, 0.29) is 18.5 Å². The van der Waals surface area contributed by atoms with Crippen molar-refractivity contribution in [2.75, 3.05) is 7.11 Å². The number of alkyl carbamates (subject to hydrolysis) is 1. The van der Waals surface area contributed by atoms with E-state index in [0.717, 1.165) is 30.4 Å². The molecule has 0 spiro atoms. The molecule has 0 fully saturated rings. The lowest BCUT2D eigenvalue weighted by atomic mass is 9.77. The van der Waals surface area contributed by atoms with Crippen molar-refractivity contribution in [3.05, 3.63) is 83.9 Å². The molecule has 3 rings (SSSR count). The Labute approximate surface area is 171 Å². The summed E-state index contributed by atoms with van der Waals surface area (Å²) in [5.41, 5.74) is 1.76. The Kier molecular flexibility index (Phi) is 7.45. The number of rotatable bonds is 7. The third-order valence-corrected chi connectivity index (χ3v) is 5.29. The summed E-state index contributed by atoms with van der Waals surface area (Å²) in [4.78, 5) is 25.3. The molecule has 0 aromatic heterocycles. The maximum atomic E-state index is 12.7. The Morgan fingerprint density at radius 1 is 1.03 bits per heavy atom. The highest BCUT2D eigenvalue weighted by Gasteiger charge is 2.38. The molecule has 2 aromatic rings. The van der Waals surface area contributed by atoms with Gasteiger partial charge in [0.15, 0.2) is 0 Å². The van der Waals surface area contributed by atoms with Crippen LogP contribution in [0.1, 0.15) is 36.4 Å². The maximum Gasteiger partial charge on any atom is 0.407 e.